The molecule has 0 unspecified atom stereocenters. The molecule has 7 nitrogen and oxygen atoms in total. The van der Waals surface area contributed by atoms with Crippen LogP contribution in [0.5, 0.6) is 11.5 Å². The first kappa shape index (κ1) is 15.5. The van der Waals surface area contributed by atoms with Crippen LogP contribution in [0, 0.1) is 11.3 Å². The van der Waals surface area contributed by atoms with Gasteiger partial charge in [0.15, 0.2) is 11.5 Å². The van der Waals surface area contributed by atoms with Crippen LogP contribution in [0.25, 0.3) is 10.9 Å². The molecule has 0 N–H and O–H groups in total. The van der Waals surface area contributed by atoms with Gasteiger partial charge in [0.05, 0.1) is 11.1 Å². The summed E-state index contributed by atoms with van der Waals surface area (Å²) in [6, 6.07) is 7.80. The molecule has 0 atom stereocenters. The Kier molecular flexibility index (Phi) is 3.80. The number of rotatable bonds is 1. The van der Waals surface area contributed by atoms with Crippen molar-refractivity contribution in [3.05, 3.63) is 23.8 Å². The molecule has 2 aliphatic rings. The Bertz CT molecular complexity index is 890. The monoisotopic (exact) mass is 338 g/mol. The highest BCUT2D eigenvalue weighted by atomic mass is 16.7. The quantitative estimate of drug-likeness (QED) is 0.790. The number of pyridine rings is 1. The number of carbonyl (C=O) groups excluding carboxylic acids is 1. The van der Waals surface area contributed by atoms with Crippen molar-refractivity contribution in [3.8, 4) is 17.6 Å². The van der Waals surface area contributed by atoms with E-state index in [-0.39, 0.29) is 12.7 Å². The maximum atomic E-state index is 11.6. The molecule has 0 aliphatic carbocycles. The minimum absolute atomic E-state index is 0.0848. The maximum Gasteiger partial charge on any atom is 0.231 e. The predicted molar refractivity (Wildman–Crippen MR) is 91.7 cm³/mol. The van der Waals surface area contributed by atoms with E-state index in [1.54, 1.807) is 6.92 Å². The first-order valence-electron chi connectivity index (χ1n) is 8.30. The van der Waals surface area contributed by atoms with E-state index in [0.717, 1.165) is 30.4 Å². The van der Waals surface area contributed by atoms with E-state index in [2.05, 4.69) is 11.0 Å². The van der Waals surface area contributed by atoms with Crippen molar-refractivity contribution >= 4 is 22.6 Å². The number of amides is 1. The van der Waals surface area contributed by atoms with Gasteiger partial charge in [0, 0.05) is 44.6 Å². The van der Waals surface area contributed by atoms with Crippen LogP contribution < -0.4 is 14.4 Å². The molecule has 2 aliphatic heterocycles. The number of benzene rings is 1. The zero-order valence-corrected chi connectivity index (χ0v) is 14.0. The molecule has 1 fully saturated rings. The number of aromatic nitrogens is 1. The van der Waals surface area contributed by atoms with Crippen molar-refractivity contribution < 1.29 is 14.3 Å². The van der Waals surface area contributed by atoms with Gasteiger partial charge >= 0.3 is 0 Å². The van der Waals surface area contributed by atoms with Crippen LogP contribution in [0.3, 0.4) is 0 Å². The summed E-state index contributed by atoms with van der Waals surface area (Å²) in [5.74, 6) is 2.10. The molecule has 2 aromatic rings. The average Bonchev–Trinajstić information content (AvgIpc) is 2.91. The number of hydrogen-bond donors (Lipinski definition) is 0. The summed E-state index contributed by atoms with van der Waals surface area (Å²) in [6.07, 6.45) is 0.852. The highest BCUT2D eigenvalue weighted by molar-refractivity contribution is 5.86. The van der Waals surface area contributed by atoms with Crippen LogP contribution in [0.4, 0.5) is 5.82 Å². The fourth-order valence-corrected chi connectivity index (χ4v) is 3.32. The van der Waals surface area contributed by atoms with Gasteiger partial charge in [-0.05, 0) is 18.6 Å². The second kappa shape index (κ2) is 6.13. The summed E-state index contributed by atoms with van der Waals surface area (Å²) in [5, 5.41) is 10.4. The Morgan fingerprint density at radius 2 is 1.96 bits per heavy atom. The van der Waals surface area contributed by atoms with Crippen LogP contribution >= 0.6 is 0 Å². The molecule has 7 heteroatoms. The lowest BCUT2D eigenvalue weighted by atomic mass is 10.1. The topological polar surface area (TPSA) is 78.7 Å². The van der Waals surface area contributed by atoms with Crippen molar-refractivity contribution in [2.45, 2.75) is 13.3 Å². The lowest BCUT2D eigenvalue weighted by molar-refractivity contribution is -0.128. The lowest BCUT2D eigenvalue weighted by Gasteiger charge is -2.23. The van der Waals surface area contributed by atoms with Gasteiger partial charge in [-0.3, -0.25) is 4.79 Å². The molecule has 128 valence electrons. The van der Waals surface area contributed by atoms with Crippen molar-refractivity contribution in [2.24, 2.45) is 0 Å². The SMILES string of the molecule is CC(=O)N1CCCN(c2nc3cc4c(cc3cc2C#N)OCO4)CC1. The van der Waals surface area contributed by atoms with Crippen molar-refractivity contribution in [1.82, 2.24) is 9.88 Å². The molecule has 4 rings (SSSR count). The van der Waals surface area contributed by atoms with Crippen LogP contribution in [-0.4, -0.2) is 48.8 Å². The number of ether oxygens (including phenoxy) is 2. The molecule has 0 spiro atoms. The molecule has 1 aromatic carbocycles. The third kappa shape index (κ3) is 2.80. The first-order chi connectivity index (χ1) is 12.2. The van der Waals surface area contributed by atoms with E-state index in [4.69, 9.17) is 14.5 Å². The summed E-state index contributed by atoms with van der Waals surface area (Å²) in [6.45, 7) is 4.60. The molecular weight excluding hydrogens is 320 g/mol. The standard InChI is InChI=1S/C18H18N4O3/c1-12(23)21-3-2-4-22(6-5-21)18-14(10-19)7-13-8-16-17(25-11-24-16)9-15(13)20-18/h7-9H,2-6,11H2,1H3. The van der Waals surface area contributed by atoms with Crippen molar-refractivity contribution in [2.75, 3.05) is 37.9 Å². The largest absolute Gasteiger partial charge is 0.454 e. The van der Waals surface area contributed by atoms with Gasteiger partial charge in [0.25, 0.3) is 0 Å². The number of anilines is 1. The van der Waals surface area contributed by atoms with Gasteiger partial charge in [-0.15, -0.1) is 0 Å². The number of nitriles is 1. The zero-order chi connectivity index (χ0) is 17.4. The molecule has 3 heterocycles. The molecule has 1 saturated heterocycles. The second-order valence-electron chi connectivity index (χ2n) is 6.22. The summed E-state index contributed by atoms with van der Waals surface area (Å²) in [5.41, 5.74) is 1.30. The van der Waals surface area contributed by atoms with E-state index in [1.807, 2.05) is 23.1 Å². The highest BCUT2D eigenvalue weighted by Gasteiger charge is 2.22. The third-order valence-corrected chi connectivity index (χ3v) is 4.65. The van der Waals surface area contributed by atoms with Crippen LogP contribution in [0.2, 0.25) is 0 Å². The molecule has 0 radical (unpaired) electrons. The fraction of sp³-hybridized carbons (Fsp3) is 0.389. The lowest BCUT2D eigenvalue weighted by Crippen LogP contribution is -2.34. The van der Waals surface area contributed by atoms with Crippen molar-refractivity contribution in [1.29, 1.82) is 5.26 Å². The Hall–Kier alpha value is -3.01. The fourth-order valence-electron chi connectivity index (χ4n) is 3.32. The minimum Gasteiger partial charge on any atom is -0.454 e. The first-order valence-corrected chi connectivity index (χ1v) is 8.30. The van der Waals surface area contributed by atoms with E-state index in [9.17, 15) is 10.1 Å². The molecule has 25 heavy (non-hydrogen) atoms. The number of hydrogen-bond acceptors (Lipinski definition) is 6. The summed E-state index contributed by atoms with van der Waals surface area (Å²) in [7, 11) is 0. The molecular formula is C18H18N4O3. The van der Waals surface area contributed by atoms with Gasteiger partial charge < -0.3 is 19.3 Å². The Balaban J connectivity index is 1.72. The third-order valence-electron chi connectivity index (χ3n) is 4.65. The zero-order valence-electron chi connectivity index (χ0n) is 14.0. The Morgan fingerprint density at radius 3 is 2.72 bits per heavy atom. The predicted octanol–water partition coefficient (Wildman–Crippen LogP) is 1.89. The summed E-state index contributed by atoms with van der Waals surface area (Å²) < 4.78 is 10.8. The van der Waals surface area contributed by atoms with E-state index >= 15 is 0 Å². The van der Waals surface area contributed by atoms with Crippen LogP contribution in [0.15, 0.2) is 18.2 Å². The Morgan fingerprint density at radius 1 is 1.16 bits per heavy atom. The van der Waals surface area contributed by atoms with E-state index in [0.29, 0.717) is 36.0 Å². The van der Waals surface area contributed by atoms with Crippen LogP contribution in [-0.2, 0) is 4.79 Å². The molecule has 1 aromatic heterocycles. The van der Waals surface area contributed by atoms with Crippen molar-refractivity contribution in [3.63, 3.8) is 0 Å². The van der Waals surface area contributed by atoms with Gasteiger partial charge in [0.1, 0.15) is 11.9 Å². The second-order valence-corrected chi connectivity index (χ2v) is 6.22. The Labute approximate surface area is 145 Å². The molecule has 0 saturated carbocycles. The average molecular weight is 338 g/mol. The smallest absolute Gasteiger partial charge is 0.231 e. The van der Waals surface area contributed by atoms with Gasteiger partial charge in [-0.1, -0.05) is 0 Å². The summed E-state index contributed by atoms with van der Waals surface area (Å²) in [4.78, 5) is 20.3. The van der Waals surface area contributed by atoms with E-state index < -0.39 is 0 Å². The minimum atomic E-state index is 0.0848. The number of nitrogens with zero attached hydrogens (tertiary/aromatic N) is 4. The molecule has 0 bridgehead atoms. The highest BCUT2D eigenvalue weighted by Crippen LogP contribution is 2.37. The molecule has 1 amide bonds. The summed E-state index contributed by atoms with van der Waals surface area (Å²) >= 11 is 0. The van der Waals surface area contributed by atoms with E-state index in [1.165, 1.54) is 0 Å². The number of fused-ring (bicyclic) bond motifs is 2. The van der Waals surface area contributed by atoms with Gasteiger partial charge in [0.2, 0.25) is 12.7 Å². The number of carbonyl (C=O) groups is 1. The normalized spacial score (nSPS) is 16.6. The van der Waals surface area contributed by atoms with Gasteiger partial charge in [-0.2, -0.15) is 5.26 Å². The van der Waals surface area contributed by atoms with Gasteiger partial charge in [-0.25, -0.2) is 4.98 Å². The maximum absolute atomic E-state index is 11.6. The van der Waals surface area contributed by atoms with Crippen LogP contribution in [0.1, 0.15) is 18.9 Å².